The SMILES string of the molecule is CC(C)N1CC2CN(c3ncc4c(=O)c(C(=O)O)c5sc6ccccc6n5c4n3)CC2C1. The first-order chi connectivity index (χ1) is 15.4. The zero-order chi connectivity index (χ0) is 22.1. The summed E-state index contributed by atoms with van der Waals surface area (Å²) in [7, 11) is 0. The topological polar surface area (TPSA) is 91.0 Å². The zero-order valence-electron chi connectivity index (χ0n) is 17.9. The Balaban J connectivity index is 1.51. The Kier molecular flexibility index (Phi) is 4.28. The summed E-state index contributed by atoms with van der Waals surface area (Å²) >= 11 is 1.30. The molecule has 32 heavy (non-hydrogen) atoms. The molecule has 2 atom stereocenters. The maximum atomic E-state index is 13.1. The molecule has 2 aliphatic rings. The van der Waals surface area contributed by atoms with Gasteiger partial charge in [-0.2, -0.15) is 4.98 Å². The number of aromatic carboxylic acids is 1. The second-order valence-electron chi connectivity index (χ2n) is 9.10. The van der Waals surface area contributed by atoms with Crippen molar-refractivity contribution in [3.8, 4) is 0 Å². The van der Waals surface area contributed by atoms with Gasteiger partial charge in [-0.15, -0.1) is 11.3 Å². The third-order valence-electron chi connectivity index (χ3n) is 6.91. The predicted octanol–water partition coefficient (Wildman–Crippen LogP) is 2.93. The molecule has 0 spiro atoms. The van der Waals surface area contributed by atoms with Crippen LogP contribution in [0.1, 0.15) is 24.2 Å². The van der Waals surface area contributed by atoms with Crippen LogP contribution in [0.15, 0.2) is 35.3 Å². The number of hydrogen-bond donors (Lipinski definition) is 1. The second kappa shape index (κ2) is 6.98. The molecule has 1 aromatic carbocycles. The third-order valence-corrected chi connectivity index (χ3v) is 8.06. The Morgan fingerprint density at radius 3 is 2.56 bits per heavy atom. The Morgan fingerprint density at radius 2 is 1.88 bits per heavy atom. The molecule has 2 unspecified atom stereocenters. The smallest absolute Gasteiger partial charge is 0.342 e. The summed E-state index contributed by atoms with van der Waals surface area (Å²) in [5.41, 5.74) is 0.560. The fourth-order valence-electron chi connectivity index (χ4n) is 5.24. The maximum absolute atomic E-state index is 13.1. The first-order valence-corrected chi connectivity index (χ1v) is 11.7. The van der Waals surface area contributed by atoms with Crippen LogP contribution in [-0.4, -0.2) is 62.6 Å². The lowest BCUT2D eigenvalue weighted by molar-refractivity contribution is 0.0697. The predicted molar refractivity (Wildman–Crippen MR) is 125 cm³/mol. The number of carboxylic acid groups (broad SMARTS) is 1. The standard InChI is InChI=1S/C23H23N5O3S/c1-12(2)26-8-13-10-27(11-14(13)9-26)23-24-7-15-19(29)18(22(30)31)21-28(20(15)25-23)16-5-3-4-6-17(16)32-21/h3-7,12-14H,8-11H2,1-2H3,(H,30,31). The lowest BCUT2D eigenvalue weighted by Gasteiger charge is -2.24. The van der Waals surface area contributed by atoms with Crippen molar-refractivity contribution < 1.29 is 9.90 Å². The normalized spacial score (nSPS) is 21.4. The van der Waals surface area contributed by atoms with E-state index in [9.17, 15) is 14.7 Å². The van der Waals surface area contributed by atoms with Crippen molar-refractivity contribution >= 4 is 49.3 Å². The summed E-state index contributed by atoms with van der Waals surface area (Å²) in [5.74, 6) is 0.563. The van der Waals surface area contributed by atoms with Crippen molar-refractivity contribution in [2.24, 2.45) is 11.8 Å². The highest BCUT2D eigenvalue weighted by Gasteiger charge is 2.41. The van der Waals surface area contributed by atoms with Gasteiger partial charge in [-0.1, -0.05) is 12.1 Å². The molecule has 2 aliphatic heterocycles. The van der Waals surface area contributed by atoms with Crippen LogP contribution in [0.4, 0.5) is 5.95 Å². The van der Waals surface area contributed by atoms with Crippen LogP contribution in [0.3, 0.4) is 0 Å². The number of fused-ring (bicyclic) bond motifs is 6. The fourth-order valence-corrected chi connectivity index (χ4v) is 6.42. The number of carbonyl (C=O) groups is 1. The van der Waals surface area contributed by atoms with Crippen molar-refractivity contribution in [2.45, 2.75) is 19.9 Å². The minimum atomic E-state index is -1.23. The quantitative estimate of drug-likeness (QED) is 0.514. The number of rotatable bonds is 3. The van der Waals surface area contributed by atoms with E-state index in [-0.39, 0.29) is 10.9 Å². The molecule has 6 rings (SSSR count). The molecule has 2 fully saturated rings. The molecule has 0 aliphatic carbocycles. The summed E-state index contributed by atoms with van der Waals surface area (Å²) in [6, 6.07) is 8.23. The van der Waals surface area contributed by atoms with Crippen molar-refractivity contribution in [3.05, 3.63) is 46.2 Å². The van der Waals surface area contributed by atoms with Crippen molar-refractivity contribution in [2.75, 3.05) is 31.1 Å². The molecule has 0 radical (unpaired) electrons. The monoisotopic (exact) mass is 449 g/mol. The number of hydrogen-bond acceptors (Lipinski definition) is 7. The molecule has 2 saturated heterocycles. The molecule has 3 aromatic heterocycles. The highest BCUT2D eigenvalue weighted by Crippen LogP contribution is 2.35. The zero-order valence-corrected chi connectivity index (χ0v) is 18.7. The van der Waals surface area contributed by atoms with E-state index in [0.717, 1.165) is 36.4 Å². The minimum absolute atomic E-state index is 0.223. The third kappa shape index (κ3) is 2.77. The van der Waals surface area contributed by atoms with E-state index in [1.54, 1.807) is 0 Å². The fraction of sp³-hybridized carbons (Fsp3) is 0.391. The maximum Gasteiger partial charge on any atom is 0.342 e. The Morgan fingerprint density at radius 1 is 1.16 bits per heavy atom. The first kappa shape index (κ1) is 19.6. The van der Waals surface area contributed by atoms with E-state index < -0.39 is 11.4 Å². The van der Waals surface area contributed by atoms with Crippen molar-refractivity contribution in [3.63, 3.8) is 0 Å². The Labute approximate surface area is 187 Å². The molecular weight excluding hydrogens is 426 g/mol. The van der Waals surface area contributed by atoms with Crippen LogP contribution in [0.5, 0.6) is 0 Å². The highest BCUT2D eigenvalue weighted by molar-refractivity contribution is 7.24. The molecule has 8 nitrogen and oxygen atoms in total. The molecule has 164 valence electrons. The van der Waals surface area contributed by atoms with E-state index in [1.165, 1.54) is 17.5 Å². The number of benzene rings is 1. The van der Waals surface area contributed by atoms with Gasteiger partial charge in [-0.25, -0.2) is 9.78 Å². The number of carboxylic acids is 1. The molecule has 1 N–H and O–H groups in total. The van der Waals surface area contributed by atoms with Gasteiger partial charge < -0.3 is 14.9 Å². The van der Waals surface area contributed by atoms with Crippen LogP contribution in [0.2, 0.25) is 0 Å². The van der Waals surface area contributed by atoms with Crippen LogP contribution < -0.4 is 10.3 Å². The van der Waals surface area contributed by atoms with Gasteiger partial charge in [0.05, 0.1) is 15.6 Å². The van der Waals surface area contributed by atoms with Gasteiger partial charge in [0.25, 0.3) is 0 Å². The van der Waals surface area contributed by atoms with Crippen LogP contribution >= 0.6 is 11.3 Å². The minimum Gasteiger partial charge on any atom is -0.477 e. The number of para-hydroxylation sites is 1. The van der Waals surface area contributed by atoms with Gasteiger partial charge in [0, 0.05) is 38.4 Å². The summed E-state index contributed by atoms with van der Waals surface area (Å²) in [5, 5.41) is 10.0. The number of thiazole rings is 1. The largest absolute Gasteiger partial charge is 0.477 e. The Hall–Kier alpha value is -3.04. The van der Waals surface area contributed by atoms with Crippen LogP contribution in [-0.2, 0) is 0 Å². The molecule has 9 heteroatoms. The van der Waals surface area contributed by atoms with Gasteiger partial charge >= 0.3 is 5.97 Å². The van der Waals surface area contributed by atoms with E-state index in [1.807, 2.05) is 28.7 Å². The van der Waals surface area contributed by atoms with Crippen molar-refractivity contribution in [1.82, 2.24) is 19.3 Å². The summed E-state index contributed by atoms with van der Waals surface area (Å²) < 4.78 is 2.72. The van der Waals surface area contributed by atoms with E-state index in [0.29, 0.717) is 34.3 Å². The van der Waals surface area contributed by atoms with Gasteiger partial charge in [0.1, 0.15) is 10.4 Å². The Bertz CT molecular complexity index is 1450. The lowest BCUT2D eigenvalue weighted by Crippen LogP contribution is -2.33. The number of pyridine rings is 1. The molecule has 0 amide bonds. The molecule has 5 heterocycles. The first-order valence-electron chi connectivity index (χ1n) is 10.9. The van der Waals surface area contributed by atoms with Crippen molar-refractivity contribution in [1.29, 1.82) is 0 Å². The van der Waals surface area contributed by atoms with E-state index >= 15 is 0 Å². The summed E-state index contributed by atoms with van der Waals surface area (Å²) in [6.45, 7) is 8.46. The highest BCUT2D eigenvalue weighted by atomic mass is 32.1. The van der Waals surface area contributed by atoms with Crippen LogP contribution in [0.25, 0.3) is 26.1 Å². The number of aromatic nitrogens is 3. The van der Waals surface area contributed by atoms with E-state index in [2.05, 4.69) is 28.6 Å². The molecule has 4 aromatic rings. The number of nitrogens with zero attached hydrogens (tertiary/aromatic N) is 5. The van der Waals surface area contributed by atoms with Gasteiger partial charge in [0.15, 0.2) is 5.65 Å². The number of likely N-dealkylation sites (tertiary alicyclic amines) is 1. The lowest BCUT2D eigenvalue weighted by atomic mass is 10.0. The second-order valence-corrected chi connectivity index (χ2v) is 10.1. The molecule has 0 bridgehead atoms. The average molecular weight is 450 g/mol. The molecule has 0 saturated carbocycles. The van der Waals surface area contributed by atoms with Gasteiger partial charge in [0.2, 0.25) is 11.4 Å². The van der Waals surface area contributed by atoms with Gasteiger partial charge in [-0.05, 0) is 37.8 Å². The summed E-state index contributed by atoms with van der Waals surface area (Å²) in [6.07, 6.45) is 1.50. The summed E-state index contributed by atoms with van der Waals surface area (Å²) in [4.78, 5) is 39.5. The average Bonchev–Trinajstić information content (AvgIpc) is 3.44. The number of anilines is 1. The van der Waals surface area contributed by atoms with E-state index in [4.69, 9.17) is 4.98 Å². The van der Waals surface area contributed by atoms with Gasteiger partial charge in [-0.3, -0.25) is 9.20 Å². The van der Waals surface area contributed by atoms with Crippen LogP contribution in [0, 0.1) is 11.8 Å². The molecular formula is C23H23N5O3S.